The van der Waals surface area contributed by atoms with Gasteiger partial charge in [0, 0.05) is 6.61 Å². The predicted octanol–water partition coefficient (Wildman–Crippen LogP) is 0.219. The van der Waals surface area contributed by atoms with Crippen LogP contribution < -0.4 is 5.32 Å². The number of hydrogen-bond acceptors (Lipinski definition) is 5. The lowest BCUT2D eigenvalue weighted by Crippen LogP contribution is -2.38. The third kappa shape index (κ3) is 5.97. The molecule has 0 radical (unpaired) electrons. The summed E-state index contributed by atoms with van der Waals surface area (Å²) in [6.07, 6.45) is 3.03. The SMILES string of the molecule is CNC(COCCOC1CCCCO1)C(=O)O. The Hall–Kier alpha value is -0.690. The molecule has 1 heterocycles. The average molecular weight is 247 g/mol. The summed E-state index contributed by atoms with van der Waals surface area (Å²) in [5, 5.41) is 11.4. The Bertz CT molecular complexity index is 218. The van der Waals surface area contributed by atoms with Crippen LogP contribution in [-0.4, -0.2) is 56.9 Å². The molecule has 6 heteroatoms. The van der Waals surface area contributed by atoms with Crippen LogP contribution >= 0.6 is 0 Å². The van der Waals surface area contributed by atoms with Crippen LogP contribution in [0.1, 0.15) is 19.3 Å². The first-order valence-corrected chi connectivity index (χ1v) is 5.95. The topological polar surface area (TPSA) is 77.0 Å². The summed E-state index contributed by atoms with van der Waals surface area (Å²) in [5.41, 5.74) is 0. The average Bonchev–Trinajstić information content (AvgIpc) is 2.34. The van der Waals surface area contributed by atoms with Crippen molar-refractivity contribution in [1.82, 2.24) is 5.32 Å². The number of carboxylic acid groups (broad SMARTS) is 1. The Morgan fingerprint density at radius 1 is 1.53 bits per heavy atom. The molecule has 0 aliphatic carbocycles. The molecule has 2 atom stereocenters. The Morgan fingerprint density at radius 3 is 2.94 bits per heavy atom. The number of aliphatic carboxylic acids is 1. The molecule has 1 saturated heterocycles. The summed E-state index contributed by atoms with van der Waals surface area (Å²) in [5.74, 6) is -0.913. The second-order valence-corrected chi connectivity index (χ2v) is 3.92. The van der Waals surface area contributed by atoms with E-state index in [9.17, 15) is 4.79 Å². The van der Waals surface area contributed by atoms with Gasteiger partial charge in [-0.25, -0.2) is 0 Å². The van der Waals surface area contributed by atoms with E-state index in [1.165, 1.54) is 0 Å². The summed E-state index contributed by atoms with van der Waals surface area (Å²) in [6, 6.07) is -0.666. The zero-order valence-corrected chi connectivity index (χ0v) is 10.2. The molecule has 0 aromatic carbocycles. The molecule has 0 saturated carbocycles. The number of carboxylic acids is 1. The lowest BCUT2D eigenvalue weighted by atomic mass is 10.2. The molecule has 0 aromatic rings. The predicted molar refractivity (Wildman–Crippen MR) is 60.8 cm³/mol. The van der Waals surface area contributed by atoms with E-state index in [1.54, 1.807) is 7.05 Å². The van der Waals surface area contributed by atoms with Gasteiger partial charge >= 0.3 is 5.97 Å². The van der Waals surface area contributed by atoms with Crippen LogP contribution in [0.3, 0.4) is 0 Å². The minimum absolute atomic E-state index is 0.119. The lowest BCUT2D eigenvalue weighted by Gasteiger charge is -2.22. The molecule has 2 N–H and O–H groups in total. The number of ether oxygens (including phenoxy) is 3. The van der Waals surface area contributed by atoms with Crippen LogP contribution in [0, 0.1) is 0 Å². The monoisotopic (exact) mass is 247 g/mol. The molecular formula is C11H21NO5. The van der Waals surface area contributed by atoms with E-state index in [0.717, 1.165) is 25.9 Å². The lowest BCUT2D eigenvalue weighted by molar-refractivity contribution is -0.170. The highest BCUT2D eigenvalue weighted by molar-refractivity contribution is 5.73. The highest BCUT2D eigenvalue weighted by Gasteiger charge is 2.15. The normalized spacial score (nSPS) is 22.3. The van der Waals surface area contributed by atoms with Gasteiger partial charge in [-0.1, -0.05) is 0 Å². The maximum atomic E-state index is 10.6. The van der Waals surface area contributed by atoms with Crippen LogP contribution in [-0.2, 0) is 19.0 Å². The first-order valence-electron chi connectivity index (χ1n) is 5.95. The molecule has 0 bridgehead atoms. The van der Waals surface area contributed by atoms with Gasteiger partial charge < -0.3 is 24.6 Å². The molecule has 0 spiro atoms. The van der Waals surface area contributed by atoms with Crippen molar-refractivity contribution in [2.24, 2.45) is 0 Å². The van der Waals surface area contributed by atoms with Gasteiger partial charge in [-0.3, -0.25) is 4.79 Å². The van der Waals surface area contributed by atoms with Crippen molar-refractivity contribution in [3.63, 3.8) is 0 Å². The number of likely N-dealkylation sites (N-methyl/N-ethyl adjacent to an activating group) is 1. The highest BCUT2D eigenvalue weighted by atomic mass is 16.7. The summed E-state index contributed by atoms with van der Waals surface area (Å²) >= 11 is 0. The fourth-order valence-electron chi connectivity index (χ4n) is 1.56. The first kappa shape index (κ1) is 14.4. The van der Waals surface area contributed by atoms with E-state index < -0.39 is 12.0 Å². The molecule has 0 aromatic heterocycles. The maximum Gasteiger partial charge on any atom is 0.323 e. The molecule has 17 heavy (non-hydrogen) atoms. The van der Waals surface area contributed by atoms with Gasteiger partial charge in [-0.2, -0.15) is 0 Å². The molecular weight excluding hydrogens is 226 g/mol. The second kappa shape index (κ2) is 8.41. The van der Waals surface area contributed by atoms with Gasteiger partial charge in [0.15, 0.2) is 6.29 Å². The van der Waals surface area contributed by atoms with Crippen molar-refractivity contribution in [1.29, 1.82) is 0 Å². The van der Waals surface area contributed by atoms with Crippen molar-refractivity contribution in [3.8, 4) is 0 Å². The fraction of sp³-hybridized carbons (Fsp3) is 0.909. The number of nitrogens with one attached hydrogen (secondary N) is 1. The van der Waals surface area contributed by atoms with E-state index >= 15 is 0 Å². The van der Waals surface area contributed by atoms with Crippen molar-refractivity contribution >= 4 is 5.97 Å². The van der Waals surface area contributed by atoms with E-state index in [4.69, 9.17) is 19.3 Å². The van der Waals surface area contributed by atoms with Crippen LogP contribution in [0.15, 0.2) is 0 Å². The van der Waals surface area contributed by atoms with Crippen molar-refractivity contribution < 1.29 is 24.1 Å². The van der Waals surface area contributed by atoms with Gasteiger partial charge in [0.1, 0.15) is 6.04 Å². The number of hydrogen-bond donors (Lipinski definition) is 2. The summed E-state index contributed by atoms with van der Waals surface area (Å²) in [7, 11) is 1.59. The van der Waals surface area contributed by atoms with Crippen molar-refractivity contribution in [2.75, 3.05) is 33.5 Å². The fourth-order valence-corrected chi connectivity index (χ4v) is 1.56. The zero-order chi connectivity index (χ0) is 12.5. The smallest absolute Gasteiger partial charge is 0.323 e. The molecule has 6 nitrogen and oxygen atoms in total. The highest BCUT2D eigenvalue weighted by Crippen LogP contribution is 2.13. The largest absolute Gasteiger partial charge is 0.480 e. The van der Waals surface area contributed by atoms with Crippen LogP contribution in [0.5, 0.6) is 0 Å². The molecule has 1 fully saturated rings. The summed E-state index contributed by atoms with van der Waals surface area (Å²) < 4.78 is 16.0. The third-order valence-electron chi connectivity index (χ3n) is 2.60. The number of rotatable bonds is 8. The van der Waals surface area contributed by atoms with Crippen LogP contribution in [0.25, 0.3) is 0 Å². The van der Waals surface area contributed by atoms with Crippen LogP contribution in [0.2, 0.25) is 0 Å². The maximum absolute atomic E-state index is 10.6. The molecule has 0 amide bonds. The molecule has 100 valence electrons. The van der Waals surface area contributed by atoms with Gasteiger partial charge in [-0.05, 0) is 26.3 Å². The molecule has 1 aliphatic heterocycles. The van der Waals surface area contributed by atoms with E-state index in [-0.39, 0.29) is 12.9 Å². The molecule has 2 unspecified atom stereocenters. The Labute approximate surface area is 101 Å². The first-order chi connectivity index (χ1) is 8.24. The van der Waals surface area contributed by atoms with Gasteiger partial charge in [-0.15, -0.1) is 0 Å². The summed E-state index contributed by atoms with van der Waals surface area (Å²) in [6.45, 7) is 1.71. The Kier molecular flexibility index (Phi) is 7.11. The van der Waals surface area contributed by atoms with E-state index in [2.05, 4.69) is 5.32 Å². The van der Waals surface area contributed by atoms with Crippen molar-refractivity contribution in [3.05, 3.63) is 0 Å². The number of carbonyl (C=O) groups is 1. The van der Waals surface area contributed by atoms with Gasteiger partial charge in [0.25, 0.3) is 0 Å². The Balaban J connectivity index is 1.98. The molecule has 1 rings (SSSR count). The molecule has 1 aliphatic rings. The zero-order valence-electron chi connectivity index (χ0n) is 10.2. The van der Waals surface area contributed by atoms with E-state index in [0.29, 0.717) is 13.2 Å². The van der Waals surface area contributed by atoms with E-state index in [1.807, 2.05) is 0 Å². The Morgan fingerprint density at radius 2 is 2.35 bits per heavy atom. The third-order valence-corrected chi connectivity index (χ3v) is 2.60. The summed E-state index contributed by atoms with van der Waals surface area (Å²) in [4.78, 5) is 10.6. The quantitative estimate of drug-likeness (QED) is 0.597. The van der Waals surface area contributed by atoms with Crippen molar-refractivity contribution in [2.45, 2.75) is 31.6 Å². The van der Waals surface area contributed by atoms with Crippen LogP contribution in [0.4, 0.5) is 0 Å². The second-order valence-electron chi connectivity index (χ2n) is 3.92. The standard InChI is InChI=1S/C11H21NO5/c1-12-9(11(13)14)8-15-6-7-17-10-4-2-3-5-16-10/h9-10,12H,2-8H2,1H3,(H,13,14). The minimum Gasteiger partial charge on any atom is -0.480 e. The van der Waals surface area contributed by atoms with Gasteiger partial charge in [0.2, 0.25) is 0 Å². The minimum atomic E-state index is -0.913. The van der Waals surface area contributed by atoms with Gasteiger partial charge in [0.05, 0.1) is 19.8 Å².